The predicted octanol–water partition coefficient (Wildman–Crippen LogP) is 5.70. The molecule has 0 amide bonds. The van der Waals surface area contributed by atoms with Gasteiger partial charge in [0.1, 0.15) is 0 Å². The first-order valence-electron chi connectivity index (χ1n) is 6.52. The molecule has 0 aliphatic rings. The Morgan fingerprint density at radius 2 is 1.47 bits per heavy atom. The summed E-state index contributed by atoms with van der Waals surface area (Å²) in [6, 6.07) is 0. The topological polar surface area (TPSA) is 0 Å². The zero-order chi connectivity index (χ0) is 11.4. The molecule has 0 aliphatic carbocycles. The van der Waals surface area contributed by atoms with Crippen LogP contribution in [-0.2, 0) is 0 Å². The van der Waals surface area contributed by atoms with E-state index < -0.39 is 0 Å². The molecule has 0 radical (unpaired) electrons. The van der Waals surface area contributed by atoms with Crippen molar-refractivity contribution in [1.82, 2.24) is 0 Å². The van der Waals surface area contributed by atoms with E-state index in [1.165, 1.54) is 63.4 Å². The van der Waals surface area contributed by atoms with Gasteiger partial charge in [0.25, 0.3) is 0 Å². The average molecular weight is 231 g/mol. The Morgan fingerprint density at radius 3 is 2.00 bits per heavy atom. The van der Waals surface area contributed by atoms with E-state index in [2.05, 4.69) is 19.9 Å². The van der Waals surface area contributed by atoms with E-state index in [0.29, 0.717) is 5.88 Å². The maximum absolute atomic E-state index is 5.63. The van der Waals surface area contributed by atoms with Crippen molar-refractivity contribution in [3.05, 3.63) is 11.6 Å². The van der Waals surface area contributed by atoms with Gasteiger partial charge in [-0.25, -0.2) is 0 Å². The summed E-state index contributed by atoms with van der Waals surface area (Å²) < 4.78 is 0. The third-order valence-electron chi connectivity index (χ3n) is 2.85. The van der Waals surface area contributed by atoms with Gasteiger partial charge in [-0.2, -0.15) is 0 Å². The number of hydrogen-bond donors (Lipinski definition) is 0. The zero-order valence-corrected chi connectivity index (χ0v) is 11.3. The van der Waals surface area contributed by atoms with E-state index in [-0.39, 0.29) is 0 Å². The molecule has 0 saturated carbocycles. The van der Waals surface area contributed by atoms with Crippen molar-refractivity contribution in [2.75, 3.05) is 5.88 Å². The maximum atomic E-state index is 5.63. The van der Waals surface area contributed by atoms with E-state index in [1.54, 1.807) is 0 Å². The van der Waals surface area contributed by atoms with Crippen LogP contribution in [0.25, 0.3) is 0 Å². The van der Waals surface area contributed by atoms with Crippen molar-refractivity contribution in [2.24, 2.45) is 0 Å². The first-order valence-corrected chi connectivity index (χ1v) is 7.06. The fourth-order valence-electron chi connectivity index (χ4n) is 1.77. The van der Waals surface area contributed by atoms with Gasteiger partial charge in [0.15, 0.2) is 0 Å². The van der Waals surface area contributed by atoms with Crippen LogP contribution in [0.2, 0.25) is 0 Å². The first-order chi connectivity index (χ1) is 7.31. The number of allylic oxidation sites excluding steroid dienone is 2. The second kappa shape index (κ2) is 12.1. The molecule has 0 saturated heterocycles. The minimum absolute atomic E-state index is 0.669. The molecule has 0 rings (SSSR count). The monoisotopic (exact) mass is 230 g/mol. The van der Waals surface area contributed by atoms with E-state index >= 15 is 0 Å². The highest BCUT2D eigenvalue weighted by atomic mass is 35.5. The molecule has 15 heavy (non-hydrogen) atoms. The molecule has 0 bridgehead atoms. The fraction of sp³-hybridized carbons (Fsp3) is 0.857. The van der Waals surface area contributed by atoms with Crippen LogP contribution in [0.4, 0.5) is 0 Å². The van der Waals surface area contributed by atoms with Crippen LogP contribution >= 0.6 is 11.6 Å². The van der Waals surface area contributed by atoms with Crippen LogP contribution in [0.5, 0.6) is 0 Å². The molecule has 1 heteroatoms. The minimum atomic E-state index is 0.669. The summed E-state index contributed by atoms with van der Waals surface area (Å²) in [5, 5.41) is 0. The van der Waals surface area contributed by atoms with Gasteiger partial charge in [0.2, 0.25) is 0 Å². The standard InChI is InChI=1S/C14H27Cl/c1-3-4-5-6-7-8-9-10-11-14(2)12-13-15/h12H,3-11,13H2,1-2H3/b14-12+. The summed E-state index contributed by atoms with van der Waals surface area (Å²) in [6.45, 7) is 4.45. The number of unbranched alkanes of at least 4 members (excludes halogenated alkanes) is 7. The molecule has 0 heterocycles. The van der Waals surface area contributed by atoms with Crippen LogP contribution < -0.4 is 0 Å². The smallest absolute Gasteiger partial charge is 0.0406 e. The highest BCUT2D eigenvalue weighted by Gasteiger charge is 1.92. The molecule has 0 fully saturated rings. The molecule has 0 nitrogen and oxygen atoms in total. The Morgan fingerprint density at radius 1 is 0.933 bits per heavy atom. The lowest BCUT2D eigenvalue weighted by Crippen LogP contribution is -1.83. The average Bonchev–Trinajstić information content (AvgIpc) is 2.22. The lowest BCUT2D eigenvalue weighted by atomic mass is 10.0. The lowest BCUT2D eigenvalue weighted by molar-refractivity contribution is 0.575. The summed E-state index contributed by atoms with van der Waals surface area (Å²) >= 11 is 5.63. The SMILES string of the molecule is CCCCCCCCCC/C(C)=C/CCl. The molecule has 0 aromatic heterocycles. The molecule has 0 atom stereocenters. The van der Waals surface area contributed by atoms with Crippen molar-refractivity contribution >= 4 is 11.6 Å². The Hall–Kier alpha value is 0.0300. The van der Waals surface area contributed by atoms with Crippen molar-refractivity contribution in [3.8, 4) is 0 Å². The highest BCUT2D eigenvalue weighted by molar-refractivity contribution is 6.18. The lowest BCUT2D eigenvalue weighted by Gasteiger charge is -2.02. The van der Waals surface area contributed by atoms with Gasteiger partial charge in [-0.1, -0.05) is 63.5 Å². The Kier molecular flexibility index (Phi) is 12.1. The molecule has 0 aromatic carbocycles. The number of halogens is 1. The number of rotatable bonds is 10. The van der Waals surface area contributed by atoms with Gasteiger partial charge in [-0.15, -0.1) is 11.6 Å². The normalized spacial score (nSPS) is 12.1. The Bertz CT molecular complexity index is 149. The summed E-state index contributed by atoms with van der Waals surface area (Å²) in [5.41, 5.74) is 1.45. The molecule has 0 unspecified atom stereocenters. The van der Waals surface area contributed by atoms with Gasteiger partial charge >= 0.3 is 0 Å². The maximum Gasteiger partial charge on any atom is 0.0406 e. The first kappa shape index (κ1) is 15.0. The van der Waals surface area contributed by atoms with Crippen molar-refractivity contribution in [3.63, 3.8) is 0 Å². The van der Waals surface area contributed by atoms with Crippen LogP contribution in [-0.4, -0.2) is 5.88 Å². The third-order valence-corrected chi connectivity index (χ3v) is 3.00. The zero-order valence-electron chi connectivity index (χ0n) is 10.5. The summed E-state index contributed by atoms with van der Waals surface area (Å²) in [6.07, 6.45) is 14.6. The van der Waals surface area contributed by atoms with Gasteiger partial charge in [-0.3, -0.25) is 0 Å². The van der Waals surface area contributed by atoms with Gasteiger partial charge < -0.3 is 0 Å². The van der Waals surface area contributed by atoms with Crippen molar-refractivity contribution < 1.29 is 0 Å². The van der Waals surface area contributed by atoms with Crippen LogP contribution in [0, 0.1) is 0 Å². The summed E-state index contributed by atoms with van der Waals surface area (Å²) in [5.74, 6) is 0.669. The molecule has 90 valence electrons. The molecular weight excluding hydrogens is 204 g/mol. The quantitative estimate of drug-likeness (QED) is 0.257. The molecule has 0 aliphatic heterocycles. The van der Waals surface area contributed by atoms with Gasteiger partial charge in [0.05, 0.1) is 0 Å². The second-order valence-corrected chi connectivity index (χ2v) is 4.74. The van der Waals surface area contributed by atoms with Crippen LogP contribution in [0.15, 0.2) is 11.6 Å². The minimum Gasteiger partial charge on any atom is -0.122 e. The van der Waals surface area contributed by atoms with Crippen molar-refractivity contribution in [1.29, 1.82) is 0 Å². The largest absolute Gasteiger partial charge is 0.122 e. The van der Waals surface area contributed by atoms with Crippen molar-refractivity contribution in [2.45, 2.75) is 71.6 Å². The van der Waals surface area contributed by atoms with Crippen LogP contribution in [0.3, 0.4) is 0 Å². The summed E-state index contributed by atoms with van der Waals surface area (Å²) in [7, 11) is 0. The van der Waals surface area contributed by atoms with E-state index in [9.17, 15) is 0 Å². The van der Waals surface area contributed by atoms with Gasteiger partial charge in [-0.05, 0) is 19.8 Å². The number of hydrogen-bond acceptors (Lipinski definition) is 0. The molecule has 0 N–H and O–H groups in total. The van der Waals surface area contributed by atoms with E-state index in [1.807, 2.05) is 0 Å². The summed E-state index contributed by atoms with van der Waals surface area (Å²) in [4.78, 5) is 0. The molecule has 0 spiro atoms. The molecular formula is C14H27Cl. The fourth-order valence-corrected chi connectivity index (χ4v) is 2.03. The van der Waals surface area contributed by atoms with Gasteiger partial charge in [0, 0.05) is 5.88 Å². The third kappa shape index (κ3) is 12.0. The number of alkyl halides is 1. The Labute approximate surface area is 101 Å². The van der Waals surface area contributed by atoms with Crippen LogP contribution in [0.1, 0.15) is 71.6 Å². The van der Waals surface area contributed by atoms with E-state index in [4.69, 9.17) is 11.6 Å². The predicted molar refractivity (Wildman–Crippen MR) is 71.7 cm³/mol. The Balaban J connectivity index is 3.08. The highest BCUT2D eigenvalue weighted by Crippen LogP contribution is 2.12. The van der Waals surface area contributed by atoms with E-state index in [0.717, 1.165) is 0 Å². The second-order valence-electron chi connectivity index (χ2n) is 4.43. The molecule has 0 aromatic rings.